The Balaban J connectivity index is -0.0000000450. The molecule has 0 spiro atoms. The molecule has 0 N–H and O–H groups in total. The van der Waals surface area contributed by atoms with E-state index in [1.807, 2.05) is 26.0 Å². The van der Waals surface area contributed by atoms with Gasteiger partial charge in [-0.3, -0.25) is 0 Å². The molecule has 0 heterocycles. The van der Waals surface area contributed by atoms with Gasteiger partial charge >= 0.3 is 0 Å². The Hall–Kier alpha value is 0.653. The summed E-state index contributed by atoms with van der Waals surface area (Å²) in [5, 5.41) is 0. The number of halogens is 1. The third-order valence-electron chi connectivity index (χ3n) is 0.333. The van der Waals surface area contributed by atoms with Crippen molar-refractivity contribution in [1.82, 2.24) is 0 Å². The average Bonchev–Trinajstić information content (AvgIpc) is 1.37. The maximum absolute atomic E-state index is 2.00. The van der Waals surface area contributed by atoms with Crippen molar-refractivity contribution in [3.05, 3.63) is 12.2 Å². The summed E-state index contributed by atoms with van der Waals surface area (Å²) in [6.45, 7) is 4.00. The van der Waals surface area contributed by atoms with Gasteiger partial charge in [-0.05, 0) is 13.8 Å². The smallest absolute Gasteiger partial charge is 0 e. The van der Waals surface area contributed by atoms with Gasteiger partial charge in [0.1, 0.15) is 0 Å². The molecule has 0 fully saturated rings. The van der Waals surface area contributed by atoms with Gasteiger partial charge in [0.2, 0.25) is 0 Å². The molecular formula is C4H8ClZn-. The van der Waals surface area contributed by atoms with Gasteiger partial charge in [-0.15, -0.1) is 0 Å². The molecule has 34 valence electrons. The fourth-order valence-corrected chi connectivity index (χ4v) is 0. The SMILES string of the molecule is C/C=C/C.[Cl-].[Zn]. The first kappa shape index (κ1) is 15.9. The van der Waals surface area contributed by atoms with E-state index in [1.54, 1.807) is 0 Å². The maximum Gasteiger partial charge on any atom is 0 e. The summed E-state index contributed by atoms with van der Waals surface area (Å²) in [4.78, 5) is 0. The first-order valence-electron chi connectivity index (χ1n) is 1.49. The zero-order valence-electron chi connectivity index (χ0n) is 4.24. The molecule has 0 unspecified atom stereocenters. The summed E-state index contributed by atoms with van der Waals surface area (Å²) in [7, 11) is 0. The molecule has 0 rings (SSSR count). The molecule has 0 atom stereocenters. The predicted molar refractivity (Wildman–Crippen MR) is 20.5 cm³/mol. The van der Waals surface area contributed by atoms with Crippen LogP contribution in [-0.2, 0) is 19.5 Å². The topological polar surface area (TPSA) is 0 Å². The van der Waals surface area contributed by atoms with E-state index in [9.17, 15) is 0 Å². The molecule has 0 amide bonds. The molecule has 0 aliphatic heterocycles. The van der Waals surface area contributed by atoms with E-state index in [4.69, 9.17) is 0 Å². The van der Waals surface area contributed by atoms with Gasteiger partial charge < -0.3 is 12.4 Å². The summed E-state index contributed by atoms with van der Waals surface area (Å²) in [6.07, 6.45) is 4.00. The van der Waals surface area contributed by atoms with Crippen LogP contribution in [0.1, 0.15) is 13.8 Å². The minimum atomic E-state index is 0. The van der Waals surface area contributed by atoms with Crippen molar-refractivity contribution in [3.63, 3.8) is 0 Å². The first-order valence-corrected chi connectivity index (χ1v) is 1.49. The van der Waals surface area contributed by atoms with Crippen LogP contribution in [0.4, 0.5) is 0 Å². The zero-order chi connectivity index (χ0) is 3.41. The van der Waals surface area contributed by atoms with Crippen molar-refractivity contribution < 1.29 is 31.9 Å². The second kappa shape index (κ2) is 17.4. The Bertz CT molecular complexity index is 22.7. The summed E-state index contributed by atoms with van der Waals surface area (Å²) >= 11 is 0. The van der Waals surface area contributed by atoms with Crippen LogP contribution in [0, 0.1) is 0 Å². The van der Waals surface area contributed by atoms with Gasteiger partial charge in [-0.25, -0.2) is 0 Å². The van der Waals surface area contributed by atoms with Crippen LogP contribution in [0.5, 0.6) is 0 Å². The van der Waals surface area contributed by atoms with Crippen molar-refractivity contribution in [3.8, 4) is 0 Å². The van der Waals surface area contributed by atoms with Gasteiger partial charge in [0.05, 0.1) is 0 Å². The molecule has 0 bridgehead atoms. The fourth-order valence-electron chi connectivity index (χ4n) is 0. The van der Waals surface area contributed by atoms with E-state index in [0.29, 0.717) is 0 Å². The third-order valence-corrected chi connectivity index (χ3v) is 0.333. The summed E-state index contributed by atoms with van der Waals surface area (Å²) < 4.78 is 0. The van der Waals surface area contributed by atoms with Crippen LogP contribution < -0.4 is 12.4 Å². The van der Waals surface area contributed by atoms with Crippen LogP contribution >= 0.6 is 0 Å². The van der Waals surface area contributed by atoms with Gasteiger partial charge in [-0.2, -0.15) is 0 Å². The number of allylic oxidation sites excluding steroid dienone is 2. The van der Waals surface area contributed by atoms with E-state index in [2.05, 4.69) is 0 Å². The minimum Gasteiger partial charge on any atom is -1.00 e. The molecule has 0 aliphatic carbocycles. The molecule has 6 heavy (non-hydrogen) atoms. The van der Waals surface area contributed by atoms with Crippen LogP contribution in [0.3, 0.4) is 0 Å². The first-order chi connectivity index (χ1) is 1.91. The molecular weight excluding hydrogens is 149 g/mol. The average molecular weight is 157 g/mol. The Kier molecular flexibility index (Phi) is 46.2. The second-order valence-electron chi connectivity index (χ2n) is 0.667. The Labute approximate surface area is 58.2 Å². The minimum absolute atomic E-state index is 0. The monoisotopic (exact) mass is 155 g/mol. The van der Waals surface area contributed by atoms with Crippen LogP contribution in [0.2, 0.25) is 0 Å². The quantitative estimate of drug-likeness (QED) is 0.299. The van der Waals surface area contributed by atoms with Crippen molar-refractivity contribution >= 4 is 0 Å². The van der Waals surface area contributed by atoms with Gasteiger partial charge in [-0.1, -0.05) is 12.2 Å². The van der Waals surface area contributed by atoms with Crippen molar-refractivity contribution in [2.45, 2.75) is 13.8 Å². The third kappa shape index (κ3) is 22.7. The summed E-state index contributed by atoms with van der Waals surface area (Å²) in [6, 6.07) is 0. The molecule has 0 saturated carbocycles. The van der Waals surface area contributed by atoms with Crippen LogP contribution in [0.15, 0.2) is 12.2 Å². The zero-order valence-corrected chi connectivity index (χ0v) is 7.96. The molecule has 0 aliphatic rings. The van der Waals surface area contributed by atoms with E-state index >= 15 is 0 Å². The molecule has 0 saturated heterocycles. The normalized spacial score (nSPS) is 6.33. The van der Waals surface area contributed by atoms with Gasteiger partial charge in [0.25, 0.3) is 0 Å². The van der Waals surface area contributed by atoms with Crippen molar-refractivity contribution in [2.24, 2.45) is 0 Å². The Morgan fingerprint density at radius 1 is 1.00 bits per heavy atom. The molecule has 0 aromatic rings. The maximum atomic E-state index is 2.00. The molecule has 0 aromatic heterocycles. The van der Waals surface area contributed by atoms with Crippen LogP contribution in [-0.4, -0.2) is 0 Å². The summed E-state index contributed by atoms with van der Waals surface area (Å²) in [5.41, 5.74) is 0. The Morgan fingerprint density at radius 2 is 1.17 bits per heavy atom. The van der Waals surface area contributed by atoms with E-state index in [1.165, 1.54) is 0 Å². The Morgan fingerprint density at radius 3 is 1.17 bits per heavy atom. The number of hydrogen-bond acceptors (Lipinski definition) is 0. The van der Waals surface area contributed by atoms with Crippen LogP contribution in [0.25, 0.3) is 0 Å². The summed E-state index contributed by atoms with van der Waals surface area (Å²) in [5.74, 6) is 0. The molecule has 0 radical (unpaired) electrons. The number of rotatable bonds is 0. The second-order valence-corrected chi connectivity index (χ2v) is 0.667. The largest absolute Gasteiger partial charge is 1.00 e. The molecule has 0 nitrogen and oxygen atoms in total. The van der Waals surface area contributed by atoms with Crippen molar-refractivity contribution in [1.29, 1.82) is 0 Å². The van der Waals surface area contributed by atoms with Gasteiger partial charge in [0.15, 0.2) is 0 Å². The molecule has 2 heteroatoms. The van der Waals surface area contributed by atoms with E-state index in [-0.39, 0.29) is 31.9 Å². The van der Waals surface area contributed by atoms with E-state index < -0.39 is 0 Å². The fraction of sp³-hybridized carbons (Fsp3) is 0.500. The predicted octanol–water partition coefficient (Wildman–Crippen LogP) is -1.42. The van der Waals surface area contributed by atoms with Gasteiger partial charge in [0, 0.05) is 19.5 Å². The molecule has 0 aromatic carbocycles. The van der Waals surface area contributed by atoms with E-state index in [0.717, 1.165) is 0 Å². The number of hydrogen-bond donors (Lipinski definition) is 0. The standard InChI is InChI=1S/C4H8.ClH.Zn/c1-3-4-2;;/h3-4H,1-2H3;1H;/p-1/b4-3+;;. The van der Waals surface area contributed by atoms with Crippen molar-refractivity contribution in [2.75, 3.05) is 0 Å².